The van der Waals surface area contributed by atoms with Gasteiger partial charge in [-0.25, -0.2) is 10.6 Å². The molecule has 0 amide bonds. The molecule has 0 radical (unpaired) electrons. The smallest absolute Gasteiger partial charge is 0.341 e. The van der Waals surface area contributed by atoms with Crippen LogP contribution in [0.5, 0.6) is 0 Å². The zero-order valence-corrected chi connectivity index (χ0v) is 14.2. The number of nitrogens with one attached hydrogen (secondary N) is 1. The fourth-order valence-electron chi connectivity index (χ4n) is 2.23. The van der Waals surface area contributed by atoms with E-state index in [1.54, 1.807) is 6.92 Å². The number of benzene rings is 1. The summed E-state index contributed by atoms with van der Waals surface area (Å²) in [6, 6.07) is 8.26. The molecule has 0 fully saturated rings. The van der Waals surface area contributed by atoms with Crippen LogP contribution in [-0.2, 0) is 10.2 Å². The minimum Gasteiger partial charge on any atom is -0.462 e. The number of nitrogens with two attached hydrogens (primary N) is 1. The maximum absolute atomic E-state index is 12.2. The number of esters is 1. The Labute approximate surface area is 135 Å². The van der Waals surface area contributed by atoms with Crippen LogP contribution in [0, 0.1) is 0 Å². The van der Waals surface area contributed by atoms with Crippen LogP contribution in [0.4, 0.5) is 5.00 Å². The topological polar surface area (TPSA) is 64.3 Å². The number of carbonyl (C=O) groups excluding carboxylic acids is 1. The fraction of sp³-hybridized carbons (Fsp3) is 0.353. The summed E-state index contributed by atoms with van der Waals surface area (Å²) in [5, 5.41) is 2.54. The van der Waals surface area contributed by atoms with Crippen LogP contribution in [0.3, 0.4) is 0 Å². The van der Waals surface area contributed by atoms with E-state index in [1.165, 1.54) is 16.9 Å². The number of nitrogen functional groups attached to an aromatic ring is 1. The predicted octanol–water partition coefficient (Wildman–Crippen LogP) is 4.17. The molecule has 1 heterocycles. The van der Waals surface area contributed by atoms with Gasteiger partial charge in [0, 0.05) is 10.9 Å². The lowest BCUT2D eigenvalue weighted by atomic mass is 9.86. The molecule has 0 unspecified atom stereocenters. The molecule has 3 N–H and O–H groups in total. The van der Waals surface area contributed by atoms with Gasteiger partial charge in [-0.3, -0.25) is 0 Å². The molecule has 1 aromatic carbocycles. The Kier molecular flexibility index (Phi) is 4.88. The summed E-state index contributed by atoms with van der Waals surface area (Å²) >= 11 is 1.40. The number of thiophene rings is 1. The van der Waals surface area contributed by atoms with E-state index in [9.17, 15) is 4.79 Å². The highest BCUT2D eigenvalue weighted by atomic mass is 32.1. The molecule has 0 saturated carbocycles. The lowest BCUT2D eigenvalue weighted by Crippen LogP contribution is -2.12. The highest BCUT2D eigenvalue weighted by molar-refractivity contribution is 7.15. The first-order valence-corrected chi connectivity index (χ1v) is 8.12. The van der Waals surface area contributed by atoms with E-state index in [2.05, 4.69) is 38.3 Å². The van der Waals surface area contributed by atoms with Gasteiger partial charge in [-0.15, -0.1) is 11.3 Å². The number of hydrazine groups is 1. The van der Waals surface area contributed by atoms with Crippen molar-refractivity contribution in [2.24, 2.45) is 5.84 Å². The zero-order valence-electron chi connectivity index (χ0n) is 13.4. The zero-order chi connectivity index (χ0) is 16.3. The summed E-state index contributed by atoms with van der Waals surface area (Å²) in [6.07, 6.45) is 0. The Hall–Kier alpha value is -1.85. The third-order valence-corrected chi connectivity index (χ3v) is 4.37. The van der Waals surface area contributed by atoms with Gasteiger partial charge in [-0.05, 0) is 23.5 Å². The van der Waals surface area contributed by atoms with Gasteiger partial charge in [0.2, 0.25) is 0 Å². The van der Waals surface area contributed by atoms with E-state index >= 15 is 0 Å². The van der Waals surface area contributed by atoms with Crippen molar-refractivity contribution in [3.05, 3.63) is 40.8 Å². The number of hydrogen-bond donors (Lipinski definition) is 2. The molecule has 0 spiro atoms. The summed E-state index contributed by atoms with van der Waals surface area (Å²) in [5.74, 6) is 5.15. The minimum atomic E-state index is -0.355. The molecule has 1 aromatic heterocycles. The van der Waals surface area contributed by atoms with Gasteiger partial charge in [-0.1, -0.05) is 45.0 Å². The van der Waals surface area contributed by atoms with Crippen molar-refractivity contribution in [2.75, 3.05) is 12.0 Å². The maximum Gasteiger partial charge on any atom is 0.341 e. The van der Waals surface area contributed by atoms with Crippen LogP contribution in [0.1, 0.15) is 43.6 Å². The van der Waals surface area contributed by atoms with Gasteiger partial charge >= 0.3 is 5.97 Å². The van der Waals surface area contributed by atoms with Crippen molar-refractivity contribution in [3.63, 3.8) is 0 Å². The van der Waals surface area contributed by atoms with Crippen molar-refractivity contribution in [1.29, 1.82) is 0 Å². The van der Waals surface area contributed by atoms with E-state index in [-0.39, 0.29) is 11.4 Å². The van der Waals surface area contributed by atoms with Crippen molar-refractivity contribution in [3.8, 4) is 11.1 Å². The van der Waals surface area contributed by atoms with Crippen LogP contribution in [0.25, 0.3) is 11.1 Å². The molecule has 0 saturated heterocycles. The van der Waals surface area contributed by atoms with Gasteiger partial charge in [0.05, 0.1) is 6.61 Å². The number of ether oxygens (including phenoxy) is 1. The van der Waals surface area contributed by atoms with E-state index in [0.717, 1.165) is 11.1 Å². The number of rotatable bonds is 4. The van der Waals surface area contributed by atoms with Crippen molar-refractivity contribution in [2.45, 2.75) is 33.1 Å². The van der Waals surface area contributed by atoms with E-state index in [4.69, 9.17) is 10.6 Å². The molecule has 5 heteroatoms. The number of carbonyl (C=O) groups is 1. The summed E-state index contributed by atoms with van der Waals surface area (Å²) < 4.78 is 5.14. The molecule has 2 aromatic rings. The van der Waals surface area contributed by atoms with Gasteiger partial charge in [0.25, 0.3) is 0 Å². The Bertz CT molecular complexity index is 654. The molecule has 0 aliphatic carbocycles. The highest BCUT2D eigenvalue weighted by Crippen LogP contribution is 2.36. The Morgan fingerprint density at radius 1 is 1.27 bits per heavy atom. The first-order chi connectivity index (χ1) is 10.4. The third kappa shape index (κ3) is 3.31. The molecule has 4 nitrogen and oxygen atoms in total. The SMILES string of the molecule is CCOC(=O)c1c(-c2ccc(C(C)(C)C)cc2)csc1NN. The molecule has 22 heavy (non-hydrogen) atoms. The molecular formula is C17H22N2O2S. The molecule has 118 valence electrons. The molecule has 0 bridgehead atoms. The van der Waals surface area contributed by atoms with E-state index in [1.807, 2.05) is 17.5 Å². The maximum atomic E-state index is 12.2. The molecule has 0 atom stereocenters. The Balaban J connectivity index is 2.44. The molecule has 0 aliphatic heterocycles. The van der Waals surface area contributed by atoms with Crippen LogP contribution >= 0.6 is 11.3 Å². The van der Waals surface area contributed by atoms with Crippen molar-refractivity contribution < 1.29 is 9.53 Å². The summed E-state index contributed by atoms with van der Waals surface area (Å²) in [7, 11) is 0. The summed E-state index contributed by atoms with van der Waals surface area (Å²) in [5.41, 5.74) is 6.25. The second-order valence-electron chi connectivity index (χ2n) is 6.05. The van der Waals surface area contributed by atoms with Gasteiger partial charge in [-0.2, -0.15) is 0 Å². The van der Waals surface area contributed by atoms with E-state index in [0.29, 0.717) is 17.2 Å². The number of hydrogen-bond acceptors (Lipinski definition) is 5. The standard InChI is InChI=1S/C17H22N2O2S/c1-5-21-16(20)14-13(10-22-15(14)19-18)11-6-8-12(9-7-11)17(2,3)4/h6-10,19H,5,18H2,1-4H3. The Morgan fingerprint density at radius 3 is 2.41 bits per heavy atom. The largest absolute Gasteiger partial charge is 0.462 e. The average Bonchev–Trinajstić information content (AvgIpc) is 2.90. The molecule has 2 rings (SSSR count). The van der Waals surface area contributed by atoms with Crippen molar-refractivity contribution in [1.82, 2.24) is 0 Å². The molecular weight excluding hydrogens is 296 g/mol. The first kappa shape index (κ1) is 16.5. The van der Waals surface area contributed by atoms with Crippen LogP contribution in [-0.4, -0.2) is 12.6 Å². The fourth-order valence-corrected chi connectivity index (χ4v) is 3.10. The highest BCUT2D eigenvalue weighted by Gasteiger charge is 2.21. The average molecular weight is 318 g/mol. The van der Waals surface area contributed by atoms with Gasteiger partial charge in [0.15, 0.2) is 0 Å². The summed E-state index contributed by atoms with van der Waals surface area (Å²) in [6.45, 7) is 8.64. The van der Waals surface area contributed by atoms with Crippen LogP contribution in [0.2, 0.25) is 0 Å². The first-order valence-electron chi connectivity index (χ1n) is 7.24. The van der Waals surface area contributed by atoms with Gasteiger partial charge in [0.1, 0.15) is 10.6 Å². The lowest BCUT2D eigenvalue weighted by Gasteiger charge is -2.19. The Morgan fingerprint density at radius 2 is 1.91 bits per heavy atom. The van der Waals surface area contributed by atoms with Crippen LogP contribution < -0.4 is 11.3 Å². The monoisotopic (exact) mass is 318 g/mol. The normalized spacial score (nSPS) is 11.3. The third-order valence-electron chi connectivity index (χ3n) is 3.46. The summed E-state index contributed by atoms with van der Waals surface area (Å²) in [4.78, 5) is 12.2. The second-order valence-corrected chi connectivity index (χ2v) is 6.93. The van der Waals surface area contributed by atoms with Crippen molar-refractivity contribution >= 4 is 22.3 Å². The van der Waals surface area contributed by atoms with Gasteiger partial charge < -0.3 is 10.2 Å². The minimum absolute atomic E-state index is 0.0983. The van der Waals surface area contributed by atoms with Crippen LogP contribution in [0.15, 0.2) is 29.6 Å². The lowest BCUT2D eigenvalue weighted by molar-refractivity contribution is 0.0529. The number of anilines is 1. The predicted molar refractivity (Wildman–Crippen MR) is 92.2 cm³/mol. The second kappa shape index (κ2) is 6.50. The van der Waals surface area contributed by atoms with E-state index < -0.39 is 0 Å². The quantitative estimate of drug-likeness (QED) is 0.504. The molecule has 0 aliphatic rings.